The van der Waals surface area contributed by atoms with Gasteiger partial charge in [-0.1, -0.05) is 24.3 Å². The molecule has 4 rings (SSSR count). The van der Waals surface area contributed by atoms with E-state index in [2.05, 4.69) is 4.98 Å². The largest absolute Gasteiger partial charge is 0.376 e. The maximum absolute atomic E-state index is 13.4. The summed E-state index contributed by atoms with van der Waals surface area (Å²) in [5.74, 6) is 0. The Morgan fingerprint density at radius 3 is 2.58 bits per heavy atom. The van der Waals surface area contributed by atoms with Crippen LogP contribution in [0.2, 0.25) is 0 Å². The van der Waals surface area contributed by atoms with E-state index in [1.54, 1.807) is 36.4 Å². The lowest BCUT2D eigenvalue weighted by atomic mass is 10.0. The van der Waals surface area contributed by atoms with E-state index in [0.29, 0.717) is 25.4 Å². The zero-order valence-electron chi connectivity index (χ0n) is 17.6. The zero-order chi connectivity index (χ0) is 22.0. The Morgan fingerprint density at radius 1 is 1.10 bits per heavy atom. The molecular formula is C23H26N2O5S. The van der Waals surface area contributed by atoms with Gasteiger partial charge in [-0.25, -0.2) is 8.42 Å². The SMILES string of the molecule is Cc1cc(C)c2cc(CN(CC3COCCO3)S(=O)(=O)c3ccccc3)c(=O)[nH]c2c1. The molecule has 0 radical (unpaired) electrons. The number of aromatic amines is 1. The summed E-state index contributed by atoms with van der Waals surface area (Å²) in [5.41, 5.74) is 2.90. The van der Waals surface area contributed by atoms with Gasteiger partial charge in [0.05, 0.1) is 30.8 Å². The molecular weight excluding hydrogens is 416 g/mol. The summed E-state index contributed by atoms with van der Waals surface area (Å²) >= 11 is 0. The number of nitrogens with zero attached hydrogens (tertiary/aromatic N) is 1. The van der Waals surface area contributed by atoms with Crippen molar-refractivity contribution in [1.82, 2.24) is 9.29 Å². The monoisotopic (exact) mass is 442 g/mol. The minimum absolute atomic E-state index is 0.0598. The van der Waals surface area contributed by atoms with E-state index in [-0.39, 0.29) is 23.5 Å². The summed E-state index contributed by atoms with van der Waals surface area (Å²) in [6.45, 7) is 5.21. The van der Waals surface area contributed by atoms with E-state index in [0.717, 1.165) is 22.0 Å². The van der Waals surface area contributed by atoms with Gasteiger partial charge in [-0.15, -0.1) is 0 Å². The third kappa shape index (κ3) is 4.72. The average molecular weight is 443 g/mol. The topological polar surface area (TPSA) is 88.7 Å². The highest BCUT2D eigenvalue weighted by atomic mass is 32.2. The molecule has 2 aromatic carbocycles. The molecule has 3 aromatic rings. The lowest BCUT2D eigenvalue weighted by Gasteiger charge is -2.29. The smallest absolute Gasteiger partial charge is 0.252 e. The van der Waals surface area contributed by atoms with Crippen molar-refractivity contribution in [2.45, 2.75) is 31.4 Å². The molecule has 164 valence electrons. The number of benzene rings is 2. The first-order valence-corrected chi connectivity index (χ1v) is 11.7. The zero-order valence-corrected chi connectivity index (χ0v) is 18.4. The van der Waals surface area contributed by atoms with Crippen LogP contribution in [-0.2, 0) is 26.0 Å². The highest BCUT2D eigenvalue weighted by Gasteiger charge is 2.29. The molecule has 1 aliphatic heterocycles. The Bertz CT molecular complexity index is 1230. The van der Waals surface area contributed by atoms with Crippen LogP contribution >= 0.6 is 0 Å². The van der Waals surface area contributed by atoms with Gasteiger partial charge in [0, 0.05) is 29.6 Å². The number of hydrogen-bond donors (Lipinski definition) is 1. The maximum Gasteiger partial charge on any atom is 0.252 e. The second-order valence-corrected chi connectivity index (χ2v) is 9.78. The van der Waals surface area contributed by atoms with Gasteiger partial charge in [-0.2, -0.15) is 4.31 Å². The fourth-order valence-electron chi connectivity index (χ4n) is 3.88. The van der Waals surface area contributed by atoms with Crippen LogP contribution in [0, 0.1) is 13.8 Å². The number of ether oxygens (including phenoxy) is 2. The molecule has 1 atom stereocenters. The molecule has 0 aliphatic carbocycles. The lowest BCUT2D eigenvalue weighted by Crippen LogP contribution is -2.43. The van der Waals surface area contributed by atoms with Gasteiger partial charge in [0.1, 0.15) is 0 Å². The molecule has 2 heterocycles. The van der Waals surface area contributed by atoms with Crippen LogP contribution in [0.25, 0.3) is 10.9 Å². The molecule has 0 saturated carbocycles. The quantitative estimate of drug-likeness (QED) is 0.634. The number of aryl methyl sites for hydroxylation is 2. The molecule has 1 N–H and O–H groups in total. The summed E-state index contributed by atoms with van der Waals surface area (Å²) in [6, 6.07) is 14.0. The predicted molar refractivity (Wildman–Crippen MR) is 119 cm³/mol. The first-order chi connectivity index (χ1) is 14.8. The third-order valence-electron chi connectivity index (χ3n) is 5.41. The van der Waals surface area contributed by atoms with Gasteiger partial charge in [0.15, 0.2) is 0 Å². The van der Waals surface area contributed by atoms with E-state index in [1.165, 1.54) is 4.31 Å². The van der Waals surface area contributed by atoms with Crippen molar-refractivity contribution in [3.8, 4) is 0 Å². The fraction of sp³-hybridized carbons (Fsp3) is 0.348. The Balaban J connectivity index is 1.73. The fourth-order valence-corrected chi connectivity index (χ4v) is 5.35. The summed E-state index contributed by atoms with van der Waals surface area (Å²) < 4.78 is 39.3. The summed E-state index contributed by atoms with van der Waals surface area (Å²) in [7, 11) is -3.84. The van der Waals surface area contributed by atoms with Crippen molar-refractivity contribution in [2.24, 2.45) is 0 Å². The minimum Gasteiger partial charge on any atom is -0.376 e. The van der Waals surface area contributed by atoms with E-state index in [9.17, 15) is 13.2 Å². The van der Waals surface area contributed by atoms with E-state index in [1.807, 2.05) is 26.0 Å². The first kappa shape index (κ1) is 21.7. The highest BCUT2D eigenvalue weighted by Crippen LogP contribution is 2.22. The van der Waals surface area contributed by atoms with Gasteiger partial charge in [0.2, 0.25) is 10.0 Å². The Kier molecular flexibility index (Phi) is 6.24. The lowest BCUT2D eigenvalue weighted by molar-refractivity contribution is -0.0923. The normalized spacial score (nSPS) is 17.3. The van der Waals surface area contributed by atoms with E-state index in [4.69, 9.17) is 9.47 Å². The molecule has 31 heavy (non-hydrogen) atoms. The summed E-state index contributed by atoms with van der Waals surface area (Å²) in [6.07, 6.45) is -0.392. The number of sulfonamides is 1. The molecule has 0 amide bonds. The van der Waals surface area contributed by atoms with Crippen molar-refractivity contribution in [3.63, 3.8) is 0 Å². The van der Waals surface area contributed by atoms with Crippen LogP contribution in [0.5, 0.6) is 0 Å². The number of pyridine rings is 1. The molecule has 0 spiro atoms. The number of rotatable bonds is 6. The van der Waals surface area contributed by atoms with Crippen LogP contribution in [0.4, 0.5) is 0 Å². The van der Waals surface area contributed by atoms with Gasteiger partial charge in [0.25, 0.3) is 5.56 Å². The summed E-state index contributed by atoms with van der Waals surface area (Å²) in [4.78, 5) is 15.9. The van der Waals surface area contributed by atoms with Gasteiger partial charge in [-0.05, 0) is 49.2 Å². The van der Waals surface area contributed by atoms with Gasteiger partial charge in [-0.3, -0.25) is 4.79 Å². The van der Waals surface area contributed by atoms with Crippen molar-refractivity contribution < 1.29 is 17.9 Å². The van der Waals surface area contributed by atoms with Crippen LogP contribution < -0.4 is 5.56 Å². The molecule has 1 aliphatic rings. The second kappa shape index (κ2) is 8.92. The highest BCUT2D eigenvalue weighted by molar-refractivity contribution is 7.89. The second-order valence-electron chi connectivity index (χ2n) is 7.85. The van der Waals surface area contributed by atoms with Crippen molar-refractivity contribution in [1.29, 1.82) is 0 Å². The van der Waals surface area contributed by atoms with Crippen LogP contribution in [0.3, 0.4) is 0 Å². The van der Waals surface area contributed by atoms with Crippen LogP contribution in [-0.4, -0.2) is 50.2 Å². The van der Waals surface area contributed by atoms with Crippen molar-refractivity contribution in [3.05, 3.63) is 75.6 Å². The number of H-pyrrole nitrogens is 1. The van der Waals surface area contributed by atoms with E-state index < -0.39 is 16.1 Å². The van der Waals surface area contributed by atoms with Gasteiger partial charge >= 0.3 is 0 Å². The van der Waals surface area contributed by atoms with E-state index >= 15 is 0 Å². The number of hydrogen-bond acceptors (Lipinski definition) is 5. The minimum atomic E-state index is -3.84. The van der Waals surface area contributed by atoms with Gasteiger partial charge < -0.3 is 14.5 Å². The Labute approximate surface area is 181 Å². The van der Waals surface area contributed by atoms with Crippen molar-refractivity contribution in [2.75, 3.05) is 26.4 Å². The standard InChI is InChI=1S/C23H26N2O5S/c1-16-10-17(2)21-12-18(23(26)24-22(21)11-16)13-25(14-19-15-29-8-9-30-19)31(27,28)20-6-4-3-5-7-20/h3-7,10-12,19H,8-9,13-15H2,1-2H3,(H,24,26). The number of aromatic nitrogens is 1. The molecule has 0 bridgehead atoms. The maximum atomic E-state index is 13.4. The molecule has 1 saturated heterocycles. The molecule has 7 nitrogen and oxygen atoms in total. The predicted octanol–water partition coefficient (Wildman–Crippen LogP) is 2.75. The Hall–Kier alpha value is -2.52. The molecule has 1 fully saturated rings. The molecule has 8 heteroatoms. The van der Waals surface area contributed by atoms with Crippen LogP contribution in [0.15, 0.2) is 58.2 Å². The third-order valence-corrected chi connectivity index (χ3v) is 7.24. The average Bonchev–Trinajstić information content (AvgIpc) is 2.75. The molecule has 1 aromatic heterocycles. The number of fused-ring (bicyclic) bond motifs is 1. The van der Waals surface area contributed by atoms with Crippen LogP contribution in [0.1, 0.15) is 16.7 Å². The first-order valence-electron chi connectivity index (χ1n) is 10.2. The van der Waals surface area contributed by atoms with Crippen molar-refractivity contribution >= 4 is 20.9 Å². The molecule has 1 unspecified atom stereocenters. The Morgan fingerprint density at radius 2 is 1.87 bits per heavy atom. The number of nitrogens with one attached hydrogen (secondary N) is 1. The summed E-state index contributed by atoms with van der Waals surface area (Å²) in [5, 5.41) is 0.898.